The lowest BCUT2D eigenvalue weighted by atomic mass is 10.4. The standard InChI is InChI=1S/C7H14N4O2/c8-6(10-7(9)12)5-11-1-3-13-4-2-11/h1-5H2,(H4,8,9,10,12). The number of rotatable bonds is 2. The van der Waals surface area contributed by atoms with Crippen molar-refractivity contribution in [2.45, 2.75) is 0 Å². The van der Waals surface area contributed by atoms with Crippen LogP contribution in [0.25, 0.3) is 0 Å². The van der Waals surface area contributed by atoms with Gasteiger partial charge in [0.25, 0.3) is 0 Å². The van der Waals surface area contributed by atoms with Crippen molar-refractivity contribution in [1.82, 2.24) is 4.90 Å². The van der Waals surface area contributed by atoms with Crippen LogP contribution in [0.1, 0.15) is 0 Å². The number of hydrogen-bond acceptors (Lipinski definition) is 3. The number of hydrogen-bond donors (Lipinski definition) is 2. The first kappa shape index (κ1) is 9.94. The third-order valence-corrected chi connectivity index (χ3v) is 1.74. The summed E-state index contributed by atoms with van der Waals surface area (Å²) in [6.45, 7) is 3.50. The van der Waals surface area contributed by atoms with Crippen LogP contribution in [0.2, 0.25) is 0 Å². The van der Waals surface area contributed by atoms with Gasteiger partial charge in [0, 0.05) is 13.1 Å². The molecule has 13 heavy (non-hydrogen) atoms. The summed E-state index contributed by atoms with van der Waals surface area (Å²) in [5.41, 5.74) is 10.3. The number of carbonyl (C=O) groups excluding carboxylic acids is 1. The Morgan fingerprint density at radius 1 is 1.38 bits per heavy atom. The van der Waals surface area contributed by atoms with Gasteiger partial charge in [0.05, 0.1) is 19.8 Å². The van der Waals surface area contributed by atoms with Crippen molar-refractivity contribution in [2.75, 3.05) is 32.8 Å². The first-order valence-corrected chi connectivity index (χ1v) is 4.11. The average Bonchev–Trinajstić information content (AvgIpc) is 2.04. The molecule has 1 rings (SSSR count). The molecule has 74 valence electrons. The molecule has 4 N–H and O–H groups in total. The van der Waals surface area contributed by atoms with E-state index in [1.165, 1.54) is 0 Å². The van der Waals surface area contributed by atoms with Crippen molar-refractivity contribution in [2.24, 2.45) is 16.5 Å². The van der Waals surface area contributed by atoms with Gasteiger partial charge in [-0.3, -0.25) is 4.90 Å². The van der Waals surface area contributed by atoms with E-state index in [-0.39, 0.29) is 5.84 Å². The number of morpholine rings is 1. The molecule has 6 heteroatoms. The lowest BCUT2D eigenvalue weighted by Gasteiger charge is -2.25. The number of carbonyl (C=O) groups is 1. The molecule has 0 aromatic heterocycles. The van der Waals surface area contributed by atoms with E-state index in [2.05, 4.69) is 9.89 Å². The molecule has 0 saturated carbocycles. The van der Waals surface area contributed by atoms with Crippen LogP contribution in [-0.2, 0) is 4.74 Å². The third kappa shape index (κ3) is 3.86. The van der Waals surface area contributed by atoms with Gasteiger partial charge in [-0.25, -0.2) is 4.79 Å². The Labute approximate surface area is 76.5 Å². The fourth-order valence-corrected chi connectivity index (χ4v) is 1.17. The summed E-state index contributed by atoms with van der Waals surface area (Å²) in [6.07, 6.45) is 0. The molecule has 1 fully saturated rings. The molecule has 0 unspecified atom stereocenters. The van der Waals surface area contributed by atoms with Gasteiger partial charge >= 0.3 is 6.03 Å². The molecule has 0 bridgehead atoms. The Kier molecular flexibility index (Phi) is 3.66. The highest BCUT2D eigenvalue weighted by Gasteiger charge is 2.11. The molecule has 0 spiro atoms. The minimum absolute atomic E-state index is 0.259. The molecule has 0 aromatic carbocycles. The SMILES string of the molecule is NC(=O)/N=C(\N)CN1CCOCC1. The van der Waals surface area contributed by atoms with Crippen molar-refractivity contribution < 1.29 is 9.53 Å². The van der Waals surface area contributed by atoms with Gasteiger partial charge in [-0.2, -0.15) is 4.99 Å². The van der Waals surface area contributed by atoms with E-state index in [1.54, 1.807) is 0 Å². The van der Waals surface area contributed by atoms with Crippen molar-refractivity contribution in [3.05, 3.63) is 0 Å². The van der Waals surface area contributed by atoms with Crippen LogP contribution in [0.15, 0.2) is 4.99 Å². The van der Waals surface area contributed by atoms with Gasteiger partial charge in [-0.05, 0) is 0 Å². The summed E-state index contributed by atoms with van der Waals surface area (Å²) in [5.74, 6) is 0.259. The smallest absolute Gasteiger partial charge is 0.340 e. The number of urea groups is 1. The van der Waals surface area contributed by atoms with E-state index >= 15 is 0 Å². The molecule has 1 saturated heterocycles. The zero-order valence-electron chi connectivity index (χ0n) is 7.40. The molecule has 2 amide bonds. The number of amides is 2. The lowest BCUT2D eigenvalue weighted by Crippen LogP contribution is -2.42. The molecule has 0 aromatic rings. The first-order chi connectivity index (χ1) is 6.18. The fourth-order valence-electron chi connectivity index (χ4n) is 1.17. The highest BCUT2D eigenvalue weighted by molar-refractivity contribution is 5.93. The Morgan fingerprint density at radius 3 is 2.54 bits per heavy atom. The molecule has 0 radical (unpaired) electrons. The number of ether oxygens (including phenoxy) is 1. The second-order valence-electron chi connectivity index (χ2n) is 2.83. The maximum absolute atomic E-state index is 10.4. The monoisotopic (exact) mass is 186 g/mol. The lowest BCUT2D eigenvalue weighted by molar-refractivity contribution is 0.0452. The maximum atomic E-state index is 10.4. The number of primary amides is 1. The van der Waals surface area contributed by atoms with Crippen molar-refractivity contribution in [1.29, 1.82) is 0 Å². The highest BCUT2D eigenvalue weighted by atomic mass is 16.5. The summed E-state index contributed by atoms with van der Waals surface area (Å²) in [7, 11) is 0. The molecule has 0 aliphatic carbocycles. The minimum atomic E-state index is -0.745. The van der Waals surface area contributed by atoms with E-state index in [0.29, 0.717) is 19.8 Å². The second kappa shape index (κ2) is 4.78. The van der Waals surface area contributed by atoms with Gasteiger partial charge in [0.15, 0.2) is 0 Å². The van der Waals surface area contributed by atoms with Crippen LogP contribution in [0.4, 0.5) is 4.79 Å². The number of aliphatic imine (C=N–C) groups is 1. The number of amidine groups is 1. The van der Waals surface area contributed by atoms with Gasteiger partial charge in [0.1, 0.15) is 5.84 Å². The fraction of sp³-hybridized carbons (Fsp3) is 0.714. The van der Waals surface area contributed by atoms with Gasteiger partial charge < -0.3 is 16.2 Å². The molecular weight excluding hydrogens is 172 g/mol. The molecule has 1 aliphatic heterocycles. The normalized spacial score (nSPS) is 20.2. The van der Waals surface area contributed by atoms with Crippen LogP contribution >= 0.6 is 0 Å². The van der Waals surface area contributed by atoms with Crippen LogP contribution in [0.5, 0.6) is 0 Å². The average molecular weight is 186 g/mol. The molecule has 6 nitrogen and oxygen atoms in total. The maximum Gasteiger partial charge on any atom is 0.340 e. The molecule has 1 aliphatic rings. The Hall–Kier alpha value is -1.14. The third-order valence-electron chi connectivity index (χ3n) is 1.74. The predicted molar refractivity (Wildman–Crippen MR) is 48.5 cm³/mol. The van der Waals surface area contributed by atoms with Crippen LogP contribution in [0.3, 0.4) is 0 Å². The van der Waals surface area contributed by atoms with Gasteiger partial charge in [-0.1, -0.05) is 0 Å². The first-order valence-electron chi connectivity index (χ1n) is 4.11. The van der Waals surface area contributed by atoms with E-state index in [4.69, 9.17) is 16.2 Å². The summed E-state index contributed by atoms with van der Waals surface area (Å²) in [5, 5.41) is 0. The van der Waals surface area contributed by atoms with E-state index in [1.807, 2.05) is 0 Å². The quantitative estimate of drug-likeness (QED) is 0.416. The molecular formula is C7H14N4O2. The molecule has 1 heterocycles. The zero-order valence-corrected chi connectivity index (χ0v) is 7.40. The summed E-state index contributed by atoms with van der Waals surface area (Å²) in [6, 6.07) is -0.745. The molecule has 0 atom stereocenters. The zero-order chi connectivity index (χ0) is 9.68. The van der Waals surface area contributed by atoms with Crippen LogP contribution in [-0.4, -0.2) is 49.6 Å². The summed E-state index contributed by atoms with van der Waals surface area (Å²) < 4.78 is 5.15. The van der Waals surface area contributed by atoms with E-state index < -0.39 is 6.03 Å². The predicted octanol–water partition coefficient (Wildman–Crippen LogP) is -1.25. The summed E-state index contributed by atoms with van der Waals surface area (Å²) in [4.78, 5) is 15.8. The topological polar surface area (TPSA) is 93.9 Å². The number of nitrogens with two attached hydrogens (primary N) is 2. The highest BCUT2D eigenvalue weighted by Crippen LogP contribution is 1.95. The van der Waals surface area contributed by atoms with Gasteiger partial charge in [0.2, 0.25) is 0 Å². The Morgan fingerprint density at radius 2 is 2.00 bits per heavy atom. The van der Waals surface area contributed by atoms with Crippen molar-refractivity contribution >= 4 is 11.9 Å². The van der Waals surface area contributed by atoms with Gasteiger partial charge in [-0.15, -0.1) is 0 Å². The largest absolute Gasteiger partial charge is 0.386 e. The van der Waals surface area contributed by atoms with Crippen LogP contribution in [0, 0.1) is 0 Å². The van der Waals surface area contributed by atoms with Crippen molar-refractivity contribution in [3.8, 4) is 0 Å². The Balaban J connectivity index is 2.33. The van der Waals surface area contributed by atoms with Crippen molar-refractivity contribution in [3.63, 3.8) is 0 Å². The minimum Gasteiger partial charge on any atom is -0.386 e. The number of nitrogens with zero attached hydrogens (tertiary/aromatic N) is 2. The van der Waals surface area contributed by atoms with Crippen LogP contribution < -0.4 is 11.5 Å². The summed E-state index contributed by atoms with van der Waals surface area (Å²) >= 11 is 0. The Bertz CT molecular complexity index is 211. The van der Waals surface area contributed by atoms with E-state index in [9.17, 15) is 4.79 Å². The second-order valence-corrected chi connectivity index (χ2v) is 2.83. The van der Waals surface area contributed by atoms with E-state index in [0.717, 1.165) is 13.1 Å².